The molecule has 0 amide bonds. The largest absolute Gasteiger partial charge is 0.480 e. The summed E-state index contributed by atoms with van der Waals surface area (Å²) >= 11 is 0. The molecule has 1 rings (SSSR count). The zero-order valence-corrected chi connectivity index (χ0v) is 8.43. The van der Waals surface area contributed by atoms with Gasteiger partial charge in [-0.2, -0.15) is 0 Å². The van der Waals surface area contributed by atoms with Gasteiger partial charge in [0.15, 0.2) is 0 Å². The molecule has 1 unspecified atom stereocenters. The fourth-order valence-corrected chi connectivity index (χ4v) is 1.25. The van der Waals surface area contributed by atoms with Crippen molar-refractivity contribution in [2.24, 2.45) is 5.73 Å². The van der Waals surface area contributed by atoms with Crippen molar-refractivity contribution in [1.82, 2.24) is 15.0 Å². The molecule has 0 bridgehead atoms. The van der Waals surface area contributed by atoms with Crippen molar-refractivity contribution in [2.75, 3.05) is 0 Å². The van der Waals surface area contributed by atoms with Crippen LogP contribution in [0.25, 0.3) is 0 Å². The number of nitrogens with two attached hydrogens (primary N) is 1. The molecule has 0 radical (unpaired) electrons. The maximum Gasteiger partial charge on any atom is 0.326 e. The van der Waals surface area contributed by atoms with Crippen LogP contribution in [-0.4, -0.2) is 26.1 Å². The third-order valence-electron chi connectivity index (χ3n) is 2.01. The van der Waals surface area contributed by atoms with Gasteiger partial charge in [-0.25, -0.2) is 4.68 Å². The summed E-state index contributed by atoms with van der Waals surface area (Å²) < 4.78 is 1.65. The number of hydrogen-bond donors (Lipinski definition) is 2. The van der Waals surface area contributed by atoms with E-state index in [1.54, 1.807) is 11.6 Å². The van der Waals surface area contributed by atoms with Crippen LogP contribution < -0.4 is 5.73 Å². The van der Waals surface area contributed by atoms with Gasteiger partial charge in [-0.15, -0.1) is 5.10 Å². The lowest BCUT2D eigenvalue weighted by atomic mass is 10.2. The fraction of sp³-hybridized carbons (Fsp3) is 0.625. The molecule has 6 nitrogen and oxygen atoms in total. The highest BCUT2D eigenvalue weighted by molar-refractivity contribution is 5.74. The van der Waals surface area contributed by atoms with E-state index in [1.807, 2.05) is 13.8 Å². The Bertz CT molecular complexity index is 345. The first-order valence-corrected chi connectivity index (χ1v) is 4.35. The van der Waals surface area contributed by atoms with Crippen molar-refractivity contribution in [3.8, 4) is 0 Å². The normalized spacial score (nSPS) is 13.2. The number of carboxylic acids is 1. The summed E-state index contributed by atoms with van der Waals surface area (Å²) in [5, 5.41) is 16.3. The lowest BCUT2D eigenvalue weighted by Gasteiger charge is -2.08. The monoisotopic (exact) mass is 198 g/mol. The molecular formula is C8H14N4O2. The van der Waals surface area contributed by atoms with E-state index in [1.165, 1.54) is 0 Å². The van der Waals surface area contributed by atoms with Gasteiger partial charge in [-0.1, -0.05) is 5.21 Å². The summed E-state index contributed by atoms with van der Waals surface area (Å²) in [4.78, 5) is 10.6. The Morgan fingerprint density at radius 2 is 2.14 bits per heavy atom. The van der Waals surface area contributed by atoms with Crippen LogP contribution in [0.2, 0.25) is 0 Å². The smallest absolute Gasteiger partial charge is 0.326 e. The molecule has 0 aliphatic rings. The number of rotatable bonds is 3. The second-order valence-electron chi connectivity index (χ2n) is 3.41. The Balaban J connectivity index is 3.06. The molecule has 0 aliphatic heterocycles. The molecule has 0 fully saturated rings. The number of nitrogens with zero attached hydrogens (tertiary/aromatic N) is 3. The number of aliphatic carboxylic acids is 1. The van der Waals surface area contributed by atoms with Gasteiger partial charge in [-0.05, 0) is 20.8 Å². The molecule has 0 saturated carbocycles. The second kappa shape index (κ2) is 3.75. The minimum atomic E-state index is -1.09. The van der Waals surface area contributed by atoms with Gasteiger partial charge in [0.1, 0.15) is 11.7 Å². The Kier molecular flexibility index (Phi) is 2.85. The van der Waals surface area contributed by atoms with Gasteiger partial charge < -0.3 is 10.8 Å². The molecular weight excluding hydrogens is 184 g/mol. The fourth-order valence-electron chi connectivity index (χ4n) is 1.25. The predicted octanol–water partition coefficient (Wildman–Crippen LogP) is 0.252. The van der Waals surface area contributed by atoms with Crippen LogP contribution in [0.3, 0.4) is 0 Å². The van der Waals surface area contributed by atoms with Gasteiger partial charge in [-0.3, -0.25) is 4.79 Å². The van der Waals surface area contributed by atoms with Gasteiger partial charge in [0, 0.05) is 6.04 Å². The summed E-state index contributed by atoms with van der Waals surface area (Å²) in [7, 11) is 0. The summed E-state index contributed by atoms with van der Waals surface area (Å²) in [5.74, 6) is -1.09. The van der Waals surface area contributed by atoms with Crippen molar-refractivity contribution >= 4 is 5.97 Å². The van der Waals surface area contributed by atoms with E-state index in [0.717, 1.165) is 0 Å². The van der Waals surface area contributed by atoms with E-state index in [2.05, 4.69) is 10.3 Å². The highest BCUT2D eigenvalue weighted by Crippen LogP contribution is 2.15. The van der Waals surface area contributed by atoms with Crippen LogP contribution in [0.5, 0.6) is 0 Å². The van der Waals surface area contributed by atoms with Gasteiger partial charge in [0.25, 0.3) is 0 Å². The highest BCUT2D eigenvalue weighted by atomic mass is 16.4. The third kappa shape index (κ3) is 1.74. The van der Waals surface area contributed by atoms with Crippen LogP contribution in [0, 0.1) is 6.92 Å². The lowest BCUT2D eigenvalue weighted by Crippen LogP contribution is -2.22. The maximum absolute atomic E-state index is 10.6. The lowest BCUT2D eigenvalue weighted by molar-refractivity contribution is -0.138. The first-order valence-electron chi connectivity index (χ1n) is 4.35. The van der Waals surface area contributed by atoms with Crippen molar-refractivity contribution < 1.29 is 9.90 Å². The SMILES string of the molecule is Cc1c(C(N)C(=O)O)nnn1C(C)C. The average Bonchev–Trinajstić information content (AvgIpc) is 2.45. The van der Waals surface area contributed by atoms with E-state index in [9.17, 15) is 4.79 Å². The molecule has 1 heterocycles. The molecule has 78 valence electrons. The van der Waals surface area contributed by atoms with Crippen molar-refractivity contribution in [3.05, 3.63) is 11.4 Å². The summed E-state index contributed by atoms with van der Waals surface area (Å²) in [5.41, 5.74) is 6.47. The van der Waals surface area contributed by atoms with Crippen LogP contribution >= 0.6 is 0 Å². The minimum absolute atomic E-state index is 0.150. The molecule has 1 atom stereocenters. The van der Waals surface area contributed by atoms with Crippen molar-refractivity contribution in [1.29, 1.82) is 0 Å². The molecule has 1 aromatic rings. The quantitative estimate of drug-likeness (QED) is 0.726. The van der Waals surface area contributed by atoms with Gasteiger partial charge in [0.2, 0.25) is 0 Å². The van der Waals surface area contributed by atoms with Crippen LogP contribution in [0.15, 0.2) is 0 Å². The average molecular weight is 198 g/mol. The van der Waals surface area contributed by atoms with Crippen LogP contribution in [0.1, 0.15) is 37.3 Å². The first kappa shape index (κ1) is 10.6. The topological polar surface area (TPSA) is 94.0 Å². The Morgan fingerprint density at radius 3 is 2.50 bits per heavy atom. The highest BCUT2D eigenvalue weighted by Gasteiger charge is 2.22. The number of aromatic nitrogens is 3. The molecule has 0 saturated heterocycles. The number of carbonyl (C=O) groups is 1. The molecule has 0 spiro atoms. The summed E-state index contributed by atoms with van der Waals surface area (Å²) in [6, 6.07) is -0.945. The maximum atomic E-state index is 10.6. The predicted molar refractivity (Wildman–Crippen MR) is 49.7 cm³/mol. The standard InChI is InChI=1S/C8H14N4O2/c1-4(2)12-5(3)7(10-11-12)6(9)8(13)14/h4,6H,9H2,1-3H3,(H,13,14). The van der Waals surface area contributed by atoms with Crippen molar-refractivity contribution in [3.63, 3.8) is 0 Å². The molecule has 1 aromatic heterocycles. The Hall–Kier alpha value is -1.43. The van der Waals surface area contributed by atoms with Crippen molar-refractivity contribution in [2.45, 2.75) is 32.9 Å². The minimum Gasteiger partial charge on any atom is -0.480 e. The molecule has 0 aliphatic carbocycles. The summed E-state index contributed by atoms with van der Waals surface area (Å²) in [6.45, 7) is 5.65. The zero-order valence-electron chi connectivity index (χ0n) is 8.43. The van der Waals surface area contributed by atoms with E-state index >= 15 is 0 Å². The zero-order chi connectivity index (χ0) is 10.9. The third-order valence-corrected chi connectivity index (χ3v) is 2.01. The molecule has 3 N–H and O–H groups in total. The molecule has 0 aromatic carbocycles. The summed E-state index contributed by atoms with van der Waals surface area (Å²) in [6.07, 6.45) is 0. The molecule has 14 heavy (non-hydrogen) atoms. The van der Waals surface area contributed by atoms with E-state index in [4.69, 9.17) is 10.8 Å². The molecule has 6 heteroatoms. The first-order chi connectivity index (χ1) is 6.45. The Morgan fingerprint density at radius 1 is 1.57 bits per heavy atom. The Labute approximate surface area is 81.7 Å². The van der Waals surface area contributed by atoms with Gasteiger partial charge in [0.05, 0.1) is 5.69 Å². The van der Waals surface area contributed by atoms with E-state index in [0.29, 0.717) is 11.4 Å². The van der Waals surface area contributed by atoms with Gasteiger partial charge >= 0.3 is 5.97 Å². The number of carboxylic acid groups (broad SMARTS) is 1. The van der Waals surface area contributed by atoms with Crippen LogP contribution in [0.4, 0.5) is 0 Å². The van der Waals surface area contributed by atoms with E-state index in [-0.39, 0.29) is 6.04 Å². The van der Waals surface area contributed by atoms with Crippen LogP contribution in [-0.2, 0) is 4.79 Å². The second-order valence-corrected chi connectivity index (χ2v) is 3.41. The number of hydrogen-bond acceptors (Lipinski definition) is 4. The van der Waals surface area contributed by atoms with E-state index < -0.39 is 12.0 Å².